The van der Waals surface area contributed by atoms with E-state index in [0.29, 0.717) is 25.4 Å². The average Bonchev–Trinajstić information content (AvgIpc) is 2.93. The highest BCUT2D eigenvalue weighted by atomic mass is 16.5. The van der Waals surface area contributed by atoms with Gasteiger partial charge >= 0.3 is 5.97 Å². The van der Waals surface area contributed by atoms with Crippen LogP contribution in [0.3, 0.4) is 0 Å². The number of amides is 1. The minimum absolute atomic E-state index is 0.118. The van der Waals surface area contributed by atoms with Gasteiger partial charge in [-0.3, -0.25) is 14.6 Å². The summed E-state index contributed by atoms with van der Waals surface area (Å²) >= 11 is 0. The van der Waals surface area contributed by atoms with Crippen LogP contribution in [0, 0.1) is 5.92 Å². The van der Waals surface area contributed by atoms with Crippen molar-refractivity contribution in [3.63, 3.8) is 0 Å². The molecule has 25 heavy (non-hydrogen) atoms. The molecule has 2 aliphatic rings. The van der Waals surface area contributed by atoms with Crippen LogP contribution in [-0.2, 0) is 20.9 Å². The van der Waals surface area contributed by atoms with E-state index >= 15 is 0 Å². The van der Waals surface area contributed by atoms with Crippen LogP contribution in [0.15, 0.2) is 35.3 Å². The first-order chi connectivity index (χ1) is 12.2. The molecule has 5 nitrogen and oxygen atoms in total. The zero-order chi connectivity index (χ0) is 17.6. The van der Waals surface area contributed by atoms with Gasteiger partial charge in [-0.15, -0.1) is 0 Å². The van der Waals surface area contributed by atoms with Gasteiger partial charge in [0.25, 0.3) is 5.91 Å². The lowest BCUT2D eigenvalue weighted by Gasteiger charge is -2.19. The highest BCUT2D eigenvalue weighted by Gasteiger charge is 2.42. The van der Waals surface area contributed by atoms with Crippen molar-refractivity contribution in [3.8, 4) is 0 Å². The Hall–Kier alpha value is -2.17. The van der Waals surface area contributed by atoms with Crippen molar-refractivity contribution < 1.29 is 14.3 Å². The summed E-state index contributed by atoms with van der Waals surface area (Å²) in [6.45, 7) is 2.96. The van der Waals surface area contributed by atoms with Crippen LogP contribution < -0.4 is 0 Å². The lowest BCUT2D eigenvalue weighted by molar-refractivity contribution is -0.145. The highest BCUT2D eigenvalue weighted by Crippen LogP contribution is 2.25. The van der Waals surface area contributed by atoms with Crippen molar-refractivity contribution in [2.24, 2.45) is 10.9 Å². The number of hydrogen-bond acceptors (Lipinski definition) is 4. The average molecular weight is 342 g/mol. The first-order valence-corrected chi connectivity index (χ1v) is 9.26. The fourth-order valence-corrected chi connectivity index (χ4v) is 3.62. The van der Waals surface area contributed by atoms with E-state index in [1.54, 1.807) is 11.8 Å². The second kappa shape index (κ2) is 8.28. The predicted octanol–water partition coefficient (Wildman–Crippen LogP) is 2.98. The first kappa shape index (κ1) is 17.6. The molecule has 1 saturated carbocycles. The summed E-state index contributed by atoms with van der Waals surface area (Å²) in [6, 6.07) is 10.0. The SMILES string of the molecule is CCOC(=O)[C@H]1CN(Cc2ccccc2)C(=O)C1=NC1CCCCC1. The molecule has 0 bridgehead atoms. The van der Waals surface area contributed by atoms with Crippen molar-refractivity contribution >= 4 is 17.6 Å². The normalized spacial score (nSPS) is 23.2. The number of ether oxygens (including phenoxy) is 1. The monoisotopic (exact) mass is 342 g/mol. The minimum atomic E-state index is -0.557. The Morgan fingerprint density at radius 2 is 1.92 bits per heavy atom. The number of likely N-dealkylation sites (tertiary alicyclic amines) is 1. The summed E-state index contributed by atoms with van der Waals surface area (Å²) in [6.07, 6.45) is 5.54. The van der Waals surface area contributed by atoms with Gasteiger partial charge in [0.05, 0.1) is 12.6 Å². The van der Waals surface area contributed by atoms with Crippen LogP contribution in [0.5, 0.6) is 0 Å². The van der Waals surface area contributed by atoms with E-state index in [1.165, 1.54) is 6.42 Å². The van der Waals surface area contributed by atoms with E-state index in [9.17, 15) is 9.59 Å². The van der Waals surface area contributed by atoms with Crippen molar-refractivity contribution in [2.45, 2.75) is 51.6 Å². The third-order valence-corrected chi connectivity index (χ3v) is 4.92. The molecule has 1 saturated heterocycles. The standard InChI is InChI=1S/C20H26N2O3/c1-2-25-20(24)17-14-22(13-15-9-5-3-6-10-15)19(23)18(17)21-16-11-7-4-8-12-16/h3,5-6,9-10,16-17H,2,4,7-8,11-14H2,1H3/t17-/m0/s1. The van der Waals surface area contributed by atoms with Gasteiger partial charge in [0.1, 0.15) is 11.6 Å². The maximum Gasteiger partial charge on any atom is 0.317 e. The summed E-state index contributed by atoms with van der Waals surface area (Å²) in [5.74, 6) is -1.01. The Morgan fingerprint density at radius 1 is 1.20 bits per heavy atom. The van der Waals surface area contributed by atoms with Crippen LogP contribution in [-0.4, -0.2) is 41.7 Å². The number of hydrogen-bond donors (Lipinski definition) is 0. The van der Waals surface area contributed by atoms with Crippen molar-refractivity contribution in [2.75, 3.05) is 13.2 Å². The predicted molar refractivity (Wildman–Crippen MR) is 96.3 cm³/mol. The number of nitrogens with zero attached hydrogens (tertiary/aromatic N) is 2. The van der Waals surface area contributed by atoms with Gasteiger partial charge in [-0.1, -0.05) is 49.6 Å². The molecular formula is C20H26N2O3. The Labute approximate surface area is 149 Å². The van der Waals surface area contributed by atoms with Crippen LogP contribution in [0.2, 0.25) is 0 Å². The van der Waals surface area contributed by atoms with E-state index < -0.39 is 5.92 Å². The second-order valence-electron chi connectivity index (χ2n) is 6.78. The molecule has 0 N–H and O–H groups in total. The molecule has 0 unspecified atom stereocenters. The number of rotatable bonds is 5. The molecule has 0 radical (unpaired) electrons. The number of aliphatic imine (C=N–C) groups is 1. The number of carbonyl (C=O) groups is 2. The summed E-state index contributed by atoms with van der Waals surface area (Å²) in [5.41, 5.74) is 1.46. The highest BCUT2D eigenvalue weighted by molar-refractivity contribution is 6.44. The summed E-state index contributed by atoms with van der Waals surface area (Å²) in [5, 5.41) is 0. The largest absolute Gasteiger partial charge is 0.465 e. The zero-order valence-corrected chi connectivity index (χ0v) is 14.8. The smallest absolute Gasteiger partial charge is 0.317 e. The molecule has 1 atom stereocenters. The van der Waals surface area contributed by atoms with Crippen molar-refractivity contribution in [1.82, 2.24) is 4.90 Å². The number of benzene rings is 1. The van der Waals surface area contributed by atoms with Gasteiger partial charge < -0.3 is 9.64 Å². The van der Waals surface area contributed by atoms with Gasteiger partial charge in [-0.2, -0.15) is 0 Å². The summed E-state index contributed by atoms with van der Waals surface area (Å²) < 4.78 is 5.19. The van der Waals surface area contributed by atoms with Gasteiger partial charge in [-0.05, 0) is 25.3 Å². The molecule has 1 aliphatic carbocycles. The van der Waals surface area contributed by atoms with Crippen molar-refractivity contribution in [3.05, 3.63) is 35.9 Å². The number of esters is 1. The second-order valence-corrected chi connectivity index (χ2v) is 6.78. The minimum Gasteiger partial charge on any atom is -0.465 e. The topological polar surface area (TPSA) is 59.0 Å². The third kappa shape index (κ3) is 4.27. The Kier molecular flexibility index (Phi) is 5.84. The quantitative estimate of drug-likeness (QED) is 0.773. The molecule has 5 heteroatoms. The van der Waals surface area contributed by atoms with Gasteiger partial charge in [0, 0.05) is 13.1 Å². The maximum atomic E-state index is 12.9. The summed E-state index contributed by atoms with van der Waals surface area (Å²) in [7, 11) is 0. The fourth-order valence-electron chi connectivity index (χ4n) is 3.62. The lowest BCUT2D eigenvalue weighted by Crippen LogP contribution is -2.28. The Bertz CT molecular complexity index is 636. The molecule has 1 amide bonds. The van der Waals surface area contributed by atoms with E-state index in [1.807, 2.05) is 30.3 Å². The molecule has 0 aromatic heterocycles. The zero-order valence-electron chi connectivity index (χ0n) is 14.8. The fraction of sp³-hybridized carbons (Fsp3) is 0.550. The molecule has 1 aromatic carbocycles. The molecule has 0 spiro atoms. The van der Waals surface area contributed by atoms with E-state index in [-0.39, 0.29) is 17.9 Å². The third-order valence-electron chi connectivity index (χ3n) is 4.92. The van der Waals surface area contributed by atoms with Crippen LogP contribution in [0.1, 0.15) is 44.6 Å². The molecule has 1 aliphatic heterocycles. The molecule has 1 heterocycles. The molecule has 134 valence electrons. The molecule has 3 rings (SSSR count). The maximum absolute atomic E-state index is 12.9. The lowest BCUT2D eigenvalue weighted by atomic mass is 9.95. The van der Waals surface area contributed by atoms with Crippen LogP contribution in [0.25, 0.3) is 0 Å². The van der Waals surface area contributed by atoms with Crippen LogP contribution >= 0.6 is 0 Å². The number of carbonyl (C=O) groups excluding carboxylic acids is 2. The van der Waals surface area contributed by atoms with Crippen molar-refractivity contribution in [1.29, 1.82) is 0 Å². The molecule has 2 fully saturated rings. The van der Waals surface area contributed by atoms with Crippen LogP contribution in [0.4, 0.5) is 0 Å². The van der Waals surface area contributed by atoms with Gasteiger partial charge in [0.2, 0.25) is 0 Å². The van der Waals surface area contributed by atoms with E-state index in [4.69, 9.17) is 9.73 Å². The Balaban J connectivity index is 1.80. The first-order valence-electron chi connectivity index (χ1n) is 9.26. The van der Waals surface area contributed by atoms with E-state index in [2.05, 4.69) is 0 Å². The van der Waals surface area contributed by atoms with E-state index in [0.717, 1.165) is 31.2 Å². The molecular weight excluding hydrogens is 316 g/mol. The van der Waals surface area contributed by atoms with Gasteiger partial charge in [0.15, 0.2) is 0 Å². The molecule has 1 aromatic rings. The van der Waals surface area contributed by atoms with Gasteiger partial charge in [-0.25, -0.2) is 0 Å². The Morgan fingerprint density at radius 3 is 2.60 bits per heavy atom. The summed E-state index contributed by atoms with van der Waals surface area (Å²) in [4.78, 5) is 31.7.